The summed E-state index contributed by atoms with van der Waals surface area (Å²) in [5, 5.41) is 3.09. The van der Waals surface area contributed by atoms with Gasteiger partial charge in [-0.2, -0.15) is 0 Å². The molecule has 0 aliphatic carbocycles. The van der Waals surface area contributed by atoms with Crippen LogP contribution in [0.15, 0.2) is 41.4 Å². The molecule has 0 atom stereocenters. The normalized spacial score (nSPS) is 11.3. The van der Waals surface area contributed by atoms with E-state index in [0.29, 0.717) is 12.5 Å². The first kappa shape index (κ1) is 13.3. The van der Waals surface area contributed by atoms with Gasteiger partial charge >= 0.3 is 0 Å². The number of nitrogens with one attached hydrogen (secondary N) is 1. The molecule has 0 aromatic heterocycles. The first-order valence-corrected chi connectivity index (χ1v) is 5.81. The third kappa shape index (κ3) is 5.76. The number of hydrogen-bond acceptors (Lipinski definition) is 1. The van der Waals surface area contributed by atoms with Crippen LogP contribution in [0.3, 0.4) is 0 Å². The van der Waals surface area contributed by atoms with Crippen LogP contribution in [0.25, 0.3) is 0 Å². The molecule has 92 valence electrons. The molecule has 0 heterocycles. The summed E-state index contributed by atoms with van der Waals surface area (Å²) in [6.45, 7) is 9.19. The van der Waals surface area contributed by atoms with Crippen LogP contribution in [-0.4, -0.2) is 19.0 Å². The van der Waals surface area contributed by atoms with Crippen LogP contribution in [0.5, 0.6) is 0 Å². The monoisotopic (exact) mass is 231 g/mol. The van der Waals surface area contributed by atoms with Gasteiger partial charge in [-0.05, 0) is 25.8 Å². The largest absolute Gasteiger partial charge is 0.370 e. The second-order valence-electron chi connectivity index (χ2n) is 4.32. The highest BCUT2D eigenvalue weighted by Crippen LogP contribution is 2.03. The van der Waals surface area contributed by atoms with E-state index in [1.54, 1.807) is 0 Å². The average Bonchev–Trinajstić information content (AvgIpc) is 2.26. The molecule has 0 aliphatic rings. The number of aliphatic imine (C=N–C) groups is 1. The maximum Gasteiger partial charge on any atom is 0.188 e. The summed E-state index contributed by atoms with van der Waals surface area (Å²) < 4.78 is 0. The standard InChI is InChI=1S/C14H21N3/c1-11(2)10-17-14(15)16-8-7-13-6-4-5-12(3)9-13/h4-6,9H,1,7-8,10H2,2-3H3,(H3,15,16,17). The van der Waals surface area contributed by atoms with E-state index in [9.17, 15) is 0 Å². The lowest BCUT2D eigenvalue weighted by Gasteiger charge is -2.06. The highest BCUT2D eigenvalue weighted by atomic mass is 15.1. The number of hydrogen-bond donors (Lipinski definition) is 2. The Morgan fingerprint density at radius 2 is 2.24 bits per heavy atom. The lowest BCUT2D eigenvalue weighted by Crippen LogP contribution is -2.33. The molecule has 0 amide bonds. The molecule has 0 unspecified atom stereocenters. The molecule has 0 spiro atoms. The summed E-state index contributed by atoms with van der Waals surface area (Å²) >= 11 is 0. The van der Waals surface area contributed by atoms with Crippen molar-refractivity contribution in [3.05, 3.63) is 47.5 Å². The number of nitrogens with two attached hydrogens (primary N) is 1. The fourth-order valence-corrected chi connectivity index (χ4v) is 1.48. The molecule has 3 N–H and O–H groups in total. The molecule has 0 fully saturated rings. The van der Waals surface area contributed by atoms with Gasteiger partial charge in [0.25, 0.3) is 0 Å². The van der Waals surface area contributed by atoms with Gasteiger partial charge in [-0.3, -0.25) is 0 Å². The van der Waals surface area contributed by atoms with E-state index in [4.69, 9.17) is 5.73 Å². The van der Waals surface area contributed by atoms with Crippen LogP contribution in [-0.2, 0) is 6.42 Å². The van der Waals surface area contributed by atoms with E-state index in [0.717, 1.165) is 18.5 Å². The van der Waals surface area contributed by atoms with Crippen molar-refractivity contribution >= 4 is 5.96 Å². The van der Waals surface area contributed by atoms with Gasteiger partial charge in [-0.1, -0.05) is 42.0 Å². The van der Waals surface area contributed by atoms with E-state index in [-0.39, 0.29) is 0 Å². The summed E-state index contributed by atoms with van der Waals surface area (Å²) in [7, 11) is 0. The van der Waals surface area contributed by atoms with Crippen molar-refractivity contribution in [2.45, 2.75) is 20.3 Å². The van der Waals surface area contributed by atoms with Gasteiger partial charge in [0.15, 0.2) is 5.96 Å². The quantitative estimate of drug-likeness (QED) is 0.463. The highest BCUT2D eigenvalue weighted by molar-refractivity contribution is 5.77. The number of rotatable bonds is 5. The molecule has 3 heteroatoms. The zero-order valence-electron chi connectivity index (χ0n) is 10.7. The second kappa shape index (κ2) is 6.74. The Morgan fingerprint density at radius 3 is 2.88 bits per heavy atom. The Bertz CT molecular complexity index is 408. The zero-order chi connectivity index (χ0) is 12.7. The van der Waals surface area contributed by atoms with Gasteiger partial charge in [-0.15, -0.1) is 0 Å². The summed E-state index contributed by atoms with van der Waals surface area (Å²) in [6.07, 6.45) is 0.949. The first-order valence-electron chi connectivity index (χ1n) is 5.81. The van der Waals surface area contributed by atoms with E-state index >= 15 is 0 Å². The van der Waals surface area contributed by atoms with Crippen molar-refractivity contribution in [2.24, 2.45) is 10.7 Å². The van der Waals surface area contributed by atoms with Crippen molar-refractivity contribution < 1.29 is 0 Å². The van der Waals surface area contributed by atoms with Crippen LogP contribution >= 0.6 is 0 Å². The Labute approximate surface area is 103 Å². The average molecular weight is 231 g/mol. The summed E-state index contributed by atoms with van der Waals surface area (Å²) in [5.74, 6) is 0.487. The third-order valence-corrected chi connectivity index (χ3v) is 2.32. The van der Waals surface area contributed by atoms with Crippen LogP contribution in [0.4, 0.5) is 0 Å². The van der Waals surface area contributed by atoms with E-state index in [1.165, 1.54) is 11.1 Å². The Balaban J connectivity index is 2.32. The number of benzene rings is 1. The Morgan fingerprint density at radius 1 is 1.47 bits per heavy atom. The van der Waals surface area contributed by atoms with Crippen LogP contribution in [0, 0.1) is 6.92 Å². The van der Waals surface area contributed by atoms with E-state index in [1.807, 2.05) is 6.92 Å². The smallest absolute Gasteiger partial charge is 0.188 e. The SMILES string of the molecule is C=C(C)CN=C(N)NCCc1cccc(C)c1. The highest BCUT2D eigenvalue weighted by Gasteiger charge is 1.95. The molecule has 0 saturated carbocycles. The van der Waals surface area contributed by atoms with Gasteiger partial charge in [0.05, 0.1) is 6.54 Å². The maximum atomic E-state index is 5.71. The second-order valence-corrected chi connectivity index (χ2v) is 4.32. The van der Waals surface area contributed by atoms with Crippen molar-refractivity contribution in [2.75, 3.05) is 13.1 Å². The van der Waals surface area contributed by atoms with Crippen molar-refractivity contribution in [3.8, 4) is 0 Å². The van der Waals surface area contributed by atoms with Crippen molar-refractivity contribution in [1.82, 2.24) is 5.32 Å². The molecule has 3 nitrogen and oxygen atoms in total. The van der Waals surface area contributed by atoms with Gasteiger partial charge < -0.3 is 11.1 Å². The molecule has 0 bridgehead atoms. The lowest BCUT2D eigenvalue weighted by atomic mass is 10.1. The van der Waals surface area contributed by atoms with Crippen LogP contribution < -0.4 is 11.1 Å². The summed E-state index contributed by atoms with van der Waals surface area (Å²) in [6, 6.07) is 8.47. The van der Waals surface area contributed by atoms with Crippen molar-refractivity contribution in [1.29, 1.82) is 0 Å². The molecular formula is C14H21N3. The molecular weight excluding hydrogens is 210 g/mol. The van der Waals surface area contributed by atoms with Gasteiger partial charge in [0.2, 0.25) is 0 Å². The number of aryl methyl sites for hydroxylation is 1. The number of nitrogens with zero attached hydrogens (tertiary/aromatic N) is 1. The molecule has 17 heavy (non-hydrogen) atoms. The summed E-state index contributed by atoms with van der Waals surface area (Å²) in [4.78, 5) is 4.16. The van der Waals surface area contributed by atoms with Gasteiger partial charge in [0.1, 0.15) is 0 Å². The first-order chi connectivity index (χ1) is 8.08. The predicted octanol–water partition coefficient (Wildman–Crippen LogP) is 2.02. The minimum Gasteiger partial charge on any atom is -0.370 e. The number of guanidine groups is 1. The fourth-order valence-electron chi connectivity index (χ4n) is 1.48. The summed E-state index contributed by atoms with van der Waals surface area (Å²) in [5.41, 5.74) is 9.32. The molecule has 0 aliphatic heterocycles. The molecule has 1 aromatic rings. The lowest BCUT2D eigenvalue weighted by molar-refractivity contribution is 0.852. The molecule has 0 radical (unpaired) electrons. The minimum atomic E-state index is 0.487. The minimum absolute atomic E-state index is 0.487. The molecule has 0 saturated heterocycles. The third-order valence-electron chi connectivity index (χ3n) is 2.32. The molecule has 1 rings (SSSR count). The van der Waals surface area contributed by atoms with Crippen molar-refractivity contribution in [3.63, 3.8) is 0 Å². The Hall–Kier alpha value is -1.77. The zero-order valence-corrected chi connectivity index (χ0v) is 10.7. The maximum absolute atomic E-state index is 5.71. The van der Waals surface area contributed by atoms with Crippen LogP contribution in [0.1, 0.15) is 18.1 Å². The fraction of sp³-hybridized carbons (Fsp3) is 0.357. The predicted molar refractivity (Wildman–Crippen MR) is 74.2 cm³/mol. The topological polar surface area (TPSA) is 50.4 Å². The van der Waals surface area contributed by atoms with E-state index in [2.05, 4.69) is 48.1 Å². The van der Waals surface area contributed by atoms with Gasteiger partial charge in [0, 0.05) is 6.54 Å². The van der Waals surface area contributed by atoms with Gasteiger partial charge in [-0.25, -0.2) is 4.99 Å². The molecule has 1 aromatic carbocycles. The van der Waals surface area contributed by atoms with Crippen LogP contribution in [0.2, 0.25) is 0 Å². The Kier molecular flexibility index (Phi) is 5.27. The van der Waals surface area contributed by atoms with E-state index < -0.39 is 0 Å².